The predicted molar refractivity (Wildman–Crippen MR) is 135 cm³/mol. The summed E-state index contributed by atoms with van der Waals surface area (Å²) in [5, 5.41) is 10.5. The highest BCUT2D eigenvalue weighted by Crippen LogP contribution is 2.23. The molecule has 0 saturated carbocycles. The standard InChI is InChI=1S/C24H31N9O2/c1-16-13-31(14-17(2)33(16)18(3)34)22-12-21(10-11-25-22)32-15-26-23(29-32)27-19-6-8-20(9-7-19)28-24(35)30(4)5/h6-12,15-17H,13-14H2,1-5H3,(H,27,29)(H,28,35)/t16-,17+. The van der Waals surface area contributed by atoms with Crippen molar-refractivity contribution in [1.29, 1.82) is 0 Å². The third-order valence-electron chi connectivity index (χ3n) is 5.89. The average Bonchev–Trinajstić information content (AvgIpc) is 3.28. The van der Waals surface area contributed by atoms with Gasteiger partial charge in [-0.15, -0.1) is 5.10 Å². The second-order valence-electron chi connectivity index (χ2n) is 8.94. The summed E-state index contributed by atoms with van der Waals surface area (Å²) in [4.78, 5) is 38.3. The number of carbonyl (C=O) groups is 2. The minimum Gasteiger partial charge on any atom is -0.352 e. The van der Waals surface area contributed by atoms with Crippen LogP contribution in [-0.4, -0.2) is 80.8 Å². The summed E-state index contributed by atoms with van der Waals surface area (Å²) in [6.07, 6.45) is 3.40. The van der Waals surface area contributed by atoms with Crippen molar-refractivity contribution in [3.8, 4) is 5.69 Å². The molecule has 184 valence electrons. The molecule has 0 bridgehead atoms. The normalized spacial score (nSPS) is 17.7. The fourth-order valence-electron chi connectivity index (χ4n) is 4.30. The summed E-state index contributed by atoms with van der Waals surface area (Å²) in [6.45, 7) is 7.18. The van der Waals surface area contributed by atoms with Crippen LogP contribution in [0.2, 0.25) is 0 Å². The molecular formula is C24H31N9O2. The number of hydrogen-bond donors (Lipinski definition) is 2. The molecule has 0 radical (unpaired) electrons. The van der Waals surface area contributed by atoms with E-state index in [1.54, 1.807) is 38.2 Å². The van der Waals surface area contributed by atoms with Gasteiger partial charge in [0.25, 0.3) is 0 Å². The maximum atomic E-state index is 12.0. The van der Waals surface area contributed by atoms with Crippen LogP contribution in [0.3, 0.4) is 0 Å². The number of pyridine rings is 1. The van der Waals surface area contributed by atoms with Crippen LogP contribution in [0.1, 0.15) is 20.8 Å². The summed E-state index contributed by atoms with van der Waals surface area (Å²) >= 11 is 0. The van der Waals surface area contributed by atoms with Gasteiger partial charge in [-0.05, 0) is 44.2 Å². The van der Waals surface area contributed by atoms with Crippen LogP contribution in [0.4, 0.5) is 27.9 Å². The van der Waals surface area contributed by atoms with Crippen molar-refractivity contribution in [2.45, 2.75) is 32.9 Å². The first-order valence-electron chi connectivity index (χ1n) is 11.5. The number of piperazine rings is 1. The first-order valence-corrected chi connectivity index (χ1v) is 11.5. The molecule has 1 aromatic carbocycles. The van der Waals surface area contributed by atoms with Crippen molar-refractivity contribution in [1.82, 2.24) is 29.5 Å². The Labute approximate surface area is 204 Å². The number of nitrogens with one attached hydrogen (secondary N) is 2. The molecule has 1 fully saturated rings. The lowest BCUT2D eigenvalue weighted by atomic mass is 10.1. The largest absolute Gasteiger partial charge is 0.352 e. The third kappa shape index (κ3) is 5.51. The predicted octanol–water partition coefficient (Wildman–Crippen LogP) is 2.94. The molecular weight excluding hydrogens is 446 g/mol. The molecule has 3 aromatic rings. The van der Waals surface area contributed by atoms with Crippen LogP contribution in [0.15, 0.2) is 48.9 Å². The highest BCUT2D eigenvalue weighted by molar-refractivity contribution is 5.89. The van der Waals surface area contributed by atoms with E-state index in [0.717, 1.165) is 30.3 Å². The number of anilines is 4. The van der Waals surface area contributed by atoms with Gasteiger partial charge in [-0.2, -0.15) is 4.98 Å². The minimum absolute atomic E-state index is 0.0990. The number of benzene rings is 1. The zero-order valence-corrected chi connectivity index (χ0v) is 20.6. The van der Waals surface area contributed by atoms with Crippen molar-refractivity contribution in [2.24, 2.45) is 0 Å². The lowest BCUT2D eigenvalue weighted by Gasteiger charge is -2.44. The van der Waals surface area contributed by atoms with E-state index in [9.17, 15) is 9.59 Å². The maximum Gasteiger partial charge on any atom is 0.321 e. The molecule has 2 atom stereocenters. The van der Waals surface area contributed by atoms with Gasteiger partial charge in [0.2, 0.25) is 11.9 Å². The lowest BCUT2D eigenvalue weighted by molar-refractivity contribution is -0.133. The van der Waals surface area contributed by atoms with Crippen molar-refractivity contribution in [3.63, 3.8) is 0 Å². The molecule has 3 amide bonds. The number of urea groups is 1. The maximum absolute atomic E-state index is 12.0. The Bertz CT molecular complexity index is 1180. The molecule has 1 aliphatic rings. The van der Waals surface area contributed by atoms with E-state index < -0.39 is 0 Å². The van der Waals surface area contributed by atoms with E-state index in [1.807, 2.05) is 41.3 Å². The molecule has 0 aliphatic carbocycles. The molecule has 11 nitrogen and oxygen atoms in total. The zero-order valence-electron chi connectivity index (χ0n) is 20.6. The van der Waals surface area contributed by atoms with E-state index >= 15 is 0 Å². The van der Waals surface area contributed by atoms with Crippen LogP contribution in [-0.2, 0) is 4.79 Å². The first kappa shape index (κ1) is 24.0. The molecule has 35 heavy (non-hydrogen) atoms. The van der Waals surface area contributed by atoms with Gasteiger partial charge in [0, 0.05) is 69.8 Å². The monoisotopic (exact) mass is 477 g/mol. The first-order chi connectivity index (χ1) is 16.7. The van der Waals surface area contributed by atoms with Gasteiger partial charge < -0.3 is 25.3 Å². The molecule has 2 aromatic heterocycles. The smallest absolute Gasteiger partial charge is 0.321 e. The quantitative estimate of drug-likeness (QED) is 0.581. The highest BCUT2D eigenvalue weighted by atomic mass is 16.2. The second kappa shape index (κ2) is 10.00. The van der Waals surface area contributed by atoms with E-state index in [4.69, 9.17) is 0 Å². The summed E-state index contributed by atoms with van der Waals surface area (Å²) in [6, 6.07) is 11.2. The molecule has 11 heteroatoms. The number of carbonyl (C=O) groups excluding carboxylic acids is 2. The van der Waals surface area contributed by atoms with E-state index in [1.165, 1.54) is 4.90 Å². The van der Waals surface area contributed by atoms with Crippen molar-refractivity contribution in [2.75, 3.05) is 42.7 Å². The van der Waals surface area contributed by atoms with Crippen LogP contribution in [0, 0.1) is 0 Å². The second-order valence-corrected chi connectivity index (χ2v) is 8.94. The van der Waals surface area contributed by atoms with Crippen molar-refractivity contribution < 1.29 is 9.59 Å². The van der Waals surface area contributed by atoms with Crippen molar-refractivity contribution in [3.05, 3.63) is 48.9 Å². The van der Waals surface area contributed by atoms with Gasteiger partial charge in [-0.1, -0.05) is 0 Å². The number of nitrogens with zero attached hydrogens (tertiary/aromatic N) is 7. The number of hydrogen-bond acceptors (Lipinski definition) is 7. The molecule has 1 saturated heterocycles. The molecule has 4 rings (SSSR count). The molecule has 1 aliphatic heterocycles. The molecule has 2 N–H and O–H groups in total. The molecule has 0 spiro atoms. The topological polar surface area (TPSA) is 112 Å². The summed E-state index contributed by atoms with van der Waals surface area (Å²) in [7, 11) is 3.38. The Hall–Kier alpha value is -4.15. The SMILES string of the molecule is CC(=O)N1[C@H](C)CN(c2cc(-n3cnc(Nc4ccc(NC(=O)N(C)C)cc4)n3)ccn2)C[C@@H]1C. The van der Waals surface area contributed by atoms with Gasteiger partial charge in [0.1, 0.15) is 12.1 Å². The van der Waals surface area contributed by atoms with Crippen LogP contribution in [0.5, 0.6) is 0 Å². The third-order valence-corrected chi connectivity index (χ3v) is 5.89. The Morgan fingerprint density at radius 2 is 1.66 bits per heavy atom. The van der Waals surface area contributed by atoms with E-state index in [0.29, 0.717) is 11.6 Å². The van der Waals surface area contributed by atoms with Crippen LogP contribution < -0.4 is 15.5 Å². The Morgan fingerprint density at radius 1 is 1.00 bits per heavy atom. The Morgan fingerprint density at radius 3 is 2.29 bits per heavy atom. The Balaban J connectivity index is 1.43. The fraction of sp³-hybridized carbons (Fsp3) is 0.375. The van der Waals surface area contributed by atoms with Crippen LogP contribution >= 0.6 is 0 Å². The number of aromatic nitrogens is 4. The van der Waals surface area contributed by atoms with E-state index in [-0.39, 0.29) is 24.0 Å². The average molecular weight is 478 g/mol. The summed E-state index contributed by atoms with van der Waals surface area (Å²) < 4.78 is 1.69. The van der Waals surface area contributed by atoms with E-state index in [2.05, 4.69) is 44.4 Å². The fourth-order valence-corrected chi connectivity index (χ4v) is 4.30. The number of amides is 3. The van der Waals surface area contributed by atoms with Gasteiger partial charge in [0.15, 0.2) is 0 Å². The molecule has 3 heterocycles. The molecule has 0 unspecified atom stereocenters. The van der Waals surface area contributed by atoms with Gasteiger partial charge in [-0.3, -0.25) is 4.79 Å². The number of rotatable bonds is 5. The van der Waals surface area contributed by atoms with Gasteiger partial charge in [-0.25, -0.2) is 14.5 Å². The van der Waals surface area contributed by atoms with Crippen molar-refractivity contribution >= 4 is 35.1 Å². The lowest BCUT2D eigenvalue weighted by Crippen LogP contribution is -2.58. The Kier molecular flexibility index (Phi) is 6.85. The zero-order chi connectivity index (χ0) is 25.1. The minimum atomic E-state index is -0.188. The van der Waals surface area contributed by atoms with Gasteiger partial charge >= 0.3 is 6.03 Å². The van der Waals surface area contributed by atoms with Crippen LogP contribution in [0.25, 0.3) is 5.69 Å². The summed E-state index contributed by atoms with van der Waals surface area (Å²) in [5.41, 5.74) is 2.34. The summed E-state index contributed by atoms with van der Waals surface area (Å²) in [5.74, 6) is 1.39. The highest BCUT2D eigenvalue weighted by Gasteiger charge is 2.31. The van der Waals surface area contributed by atoms with Gasteiger partial charge in [0.05, 0.1) is 5.69 Å².